The molecular weight excluding hydrogens is 348 g/mol. The molecule has 0 saturated heterocycles. The Kier molecular flexibility index (Phi) is 4.67. The summed E-state index contributed by atoms with van der Waals surface area (Å²) in [7, 11) is -3.25. The van der Waals surface area contributed by atoms with Gasteiger partial charge in [-0.05, 0) is 18.2 Å². The summed E-state index contributed by atoms with van der Waals surface area (Å²) in [6.45, 7) is 1.62. The number of benzene rings is 1. The van der Waals surface area contributed by atoms with Crippen LogP contribution in [0.4, 0.5) is 22.5 Å². The first-order valence-corrected chi connectivity index (χ1v) is 9.55. The molecule has 3 aromatic rings. The monoisotopic (exact) mass is 362 g/mol. The minimum absolute atomic E-state index is 0.0554. The van der Waals surface area contributed by atoms with E-state index in [1.54, 1.807) is 42.8 Å². The van der Waals surface area contributed by atoms with E-state index in [4.69, 9.17) is 0 Å². The summed E-state index contributed by atoms with van der Waals surface area (Å²) in [5.74, 6) is 1.14. The predicted octanol–water partition coefficient (Wildman–Crippen LogP) is 2.61. The second-order valence-electron chi connectivity index (χ2n) is 4.71. The van der Waals surface area contributed by atoms with Gasteiger partial charge in [0.05, 0.1) is 10.6 Å². The second kappa shape index (κ2) is 6.89. The topological polar surface area (TPSA) is 110 Å². The Balaban J connectivity index is 1.80. The predicted molar refractivity (Wildman–Crippen MR) is 92.7 cm³/mol. The van der Waals surface area contributed by atoms with Crippen LogP contribution in [0.15, 0.2) is 47.1 Å². The lowest BCUT2D eigenvalue weighted by Crippen LogP contribution is -2.04. The summed E-state index contributed by atoms with van der Waals surface area (Å²) in [5.41, 5.74) is 2.24. The van der Waals surface area contributed by atoms with Gasteiger partial charge < -0.3 is 10.6 Å². The van der Waals surface area contributed by atoms with Crippen molar-refractivity contribution in [2.24, 2.45) is 0 Å². The van der Waals surface area contributed by atoms with E-state index in [0.717, 1.165) is 0 Å². The van der Waals surface area contributed by atoms with Gasteiger partial charge in [0, 0.05) is 11.8 Å². The average Bonchev–Trinajstić information content (AvgIpc) is 3.08. The zero-order valence-electron chi connectivity index (χ0n) is 12.7. The molecule has 0 amide bonds. The van der Waals surface area contributed by atoms with E-state index in [9.17, 15) is 8.42 Å². The SMILES string of the molecule is CCS(=O)(=O)c1cccc(Nc2cc(Nc3nncs3)ncn2)c1. The Bertz CT molecular complexity index is 928. The van der Waals surface area contributed by atoms with E-state index in [0.29, 0.717) is 22.5 Å². The van der Waals surface area contributed by atoms with Gasteiger partial charge in [-0.25, -0.2) is 18.4 Å². The number of sulfone groups is 1. The third-order valence-electron chi connectivity index (χ3n) is 3.11. The van der Waals surface area contributed by atoms with Crippen molar-refractivity contribution in [1.82, 2.24) is 20.2 Å². The van der Waals surface area contributed by atoms with E-state index < -0.39 is 9.84 Å². The van der Waals surface area contributed by atoms with E-state index in [2.05, 4.69) is 30.8 Å². The van der Waals surface area contributed by atoms with Gasteiger partial charge in [-0.15, -0.1) is 10.2 Å². The number of rotatable bonds is 6. The second-order valence-corrected chi connectivity index (χ2v) is 7.83. The maximum absolute atomic E-state index is 12.0. The highest BCUT2D eigenvalue weighted by Crippen LogP contribution is 2.22. The molecule has 2 N–H and O–H groups in total. The third-order valence-corrected chi connectivity index (χ3v) is 5.45. The lowest BCUT2D eigenvalue weighted by molar-refractivity contribution is 0.597. The molecule has 0 atom stereocenters. The largest absolute Gasteiger partial charge is 0.340 e. The molecule has 124 valence electrons. The van der Waals surface area contributed by atoms with Crippen LogP contribution in [-0.2, 0) is 9.84 Å². The first-order valence-electron chi connectivity index (χ1n) is 7.02. The Morgan fingerprint density at radius 2 is 1.92 bits per heavy atom. The van der Waals surface area contributed by atoms with E-state index >= 15 is 0 Å². The van der Waals surface area contributed by atoms with Crippen molar-refractivity contribution in [3.05, 3.63) is 42.2 Å². The van der Waals surface area contributed by atoms with Gasteiger partial charge in [-0.1, -0.05) is 24.3 Å². The lowest BCUT2D eigenvalue weighted by atomic mass is 10.3. The molecule has 0 radical (unpaired) electrons. The quantitative estimate of drug-likeness (QED) is 0.688. The molecule has 0 aliphatic rings. The number of aromatic nitrogens is 4. The number of anilines is 4. The maximum Gasteiger partial charge on any atom is 0.210 e. The highest BCUT2D eigenvalue weighted by molar-refractivity contribution is 7.91. The maximum atomic E-state index is 12.0. The molecule has 0 spiro atoms. The summed E-state index contributed by atoms with van der Waals surface area (Å²) in [4.78, 5) is 8.51. The first kappa shape index (κ1) is 16.3. The smallest absolute Gasteiger partial charge is 0.210 e. The third kappa shape index (κ3) is 3.84. The summed E-state index contributed by atoms with van der Waals surface area (Å²) >= 11 is 1.35. The molecule has 0 saturated carbocycles. The Morgan fingerprint density at radius 3 is 2.62 bits per heavy atom. The molecule has 10 heteroatoms. The van der Waals surface area contributed by atoms with Gasteiger partial charge in [0.1, 0.15) is 23.5 Å². The number of nitrogens with zero attached hydrogens (tertiary/aromatic N) is 4. The molecule has 0 aliphatic heterocycles. The summed E-state index contributed by atoms with van der Waals surface area (Å²) in [5, 5.41) is 14.3. The molecule has 8 nitrogen and oxygen atoms in total. The normalized spacial score (nSPS) is 11.2. The van der Waals surface area contributed by atoms with Crippen molar-refractivity contribution in [3.8, 4) is 0 Å². The zero-order chi connectivity index (χ0) is 17.0. The van der Waals surface area contributed by atoms with Gasteiger partial charge in [0.25, 0.3) is 0 Å². The van der Waals surface area contributed by atoms with Crippen LogP contribution in [0.1, 0.15) is 6.92 Å². The van der Waals surface area contributed by atoms with Crippen LogP contribution >= 0.6 is 11.3 Å². The van der Waals surface area contributed by atoms with Crippen LogP contribution in [0, 0.1) is 0 Å². The van der Waals surface area contributed by atoms with Crippen molar-refractivity contribution in [2.45, 2.75) is 11.8 Å². The molecule has 0 aliphatic carbocycles. The van der Waals surface area contributed by atoms with Crippen LogP contribution < -0.4 is 10.6 Å². The van der Waals surface area contributed by atoms with Crippen molar-refractivity contribution in [3.63, 3.8) is 0 Å². The van der Waals surface area contributed by atoms with Crippen LogP contribution in [0.5, 0.6) is 0 Å². The summed E-state index contributed by atoms with van der Waals surface area (Å²) in [6, 6.07) is 8.31. The van der Waals surface area contributed by atoms with Gasteiger partial charge in [0.2, 0.25) is 5.13 Å². The van der Waals surface area contributed by atoms with E-state index in [-0.39, 0.29) is 10.6 Å². The summed E-state index contributed by atoms with van der Waals surface area (Å²) < 4.78 is 23.9. The molecule has 2 aromatic heterocycles. The van der Waals surface area contributed by atoms with Gasteiger partial charge in [-0.3, -0.25) is 0 Å². The highest BCUT2D eigenvalue weighted by atomic mass is 32.2. The van der Waals surface area contributed by atoms with E-state index in [1.165, 1.54) is 17.7 Å². The van der Waals surface area contributed by atoms with Gasteiger partial charge >= 0.3 is 0 Å². The molecule has 0 bridgehead atoms. The Hall–Kier alpha value is -2.59. The number of hydrogen-bond donors (Lipinski definition) is 2. The number of hydrogen-bond acceptors (Lipinski definition) is 9. The van der Waals surface area contributed by atoms with Crippen LogP contribution in [0.2, 0.25) is 0 Å². The Labute approximate surface area is 142 Å². The van der Waals surface area contributed by atoms with Crippen molar-refractivity contribution < 1.29 is 8.42 Å². The van der Waals surface area contributed by atoms with Crippen molar-refractivity contribution >= 4 is 43.6 Å². The fourth-order valence-electron chi connectivity index (χ4n) is 1.91. The molecule has 2 heterocycles. The van der Waals surface area contributed by atoms with E-state index in [1.807, 2.05) is 0 Å². The standard InChI is InChI=1S/C14H14N6O2S2/c1-2-24(21,22)11-5-3-4-10(6-11)18-12-7-13(16-8-15-12)19-14-20-17-9-23-14/h3-9H,2H2,1H3,(H2,15,16,18,19,20). The van der Waals surface area contributed by atoms with Gasteiger partial charge in [-0.2, -0.15) is 0 Å². The minimum Gasteiger partial charge on any atom is -0.340 e. The zero-order valence-corrected chi connectivity index (χ0v) is 14.3. The Morgan fingerprint density at radius 1 is 1.12 bits per heavy atom. The molecule has 24 heavy (non-hydrogen) atoms. The lowest BCUT2D eigenvalue weighted by Gasteiger charge is -2.09. The average molecular weight is 362 g/mol. The number of nitrogens with one attached hydrogen (secondary N) is 2. The van der Waals surface area contributed by atoms with Crippen LogP contribution in [-0.4, -0.2) is 34.3 Å². The molecular formula is C14H14N6O2S2. The molecule has 3 rings (SSSR count). The first-order chi connectivity index (χ1) is 11.6. The highest BCUT2D eigenvalue weighted by Gasteiger charge is 2.12. The summed E-state index contributed by atoms with van der Waals surface area (Å²) in [6.07, 6.45) is 1.40. The van der Waals surface area contributed by atoms with Crippen LogP contribution in [0.3, 0.4) is 0 Å². The fourth-order valence-corrected chi connectivity index (χ4v) is 3.29. The fraction of sp³-hybridized carbons (Fsp3) is 0.143. The van der Waals surface area contributed by atoms with Gasteiger partial charge in [0.15, 0.2) is 9.84 Å². The minimum atomic E-state index is -3.25. The molecule has 1 aromatic carbocycles. The molecule has 0 fully saturated rings. The van der Waals surface area contributed by atoms with Crippen molar-refractivity contribution in [1.29, 1.82) is 0 Å². The van der Waals surface area contributed by atoms with Crippen molar-refractivity contribution in [2.75, 3.05) is 16.4 Å². The molecule has 0 unspecified atom stereocenters. The van der Waals surface area contributed by atoms with Crippen LogP contribution in [0.25, 0.3) is 0 Å².